The number of hydrogen-bond donors (Lipinski definition) is 4. The van der Waals surface area contributed by atoms with E-state index >= 15 is 0 Å². The largest absolute Gasteiger partial charge is 0.507 e. The maximum Gasteiger partial charge on any atom is 0.407 e. The summed E-state index contributed by atoms with van der Waals surface area (Å²) in [6.45, 7) is 14.6. The number of rotatable bonds is 9. The van der Waals surface area contributed by atoms with E-state index in [1.54, 1.807) is 66.7 Å². The fraction of sp³-hybridized carbons (Fsp3) is 0.424. The fourth-order valence-corrected chi connectivity index (χ4v) is 4.37. The van der Waals surface area contributed by atoms with Crippen LogP contribution in [0.15, 0.2) is 59.9 Å². The second-order valence-corrected chi connectivity index (χ2v) is 12.6. The zero-order valence-corrected chi connectivity index (χ0v) is 26.1. The van der Waals surface area contributed by atoms with Gasteiger partial charge in [-0.15, -0.1) is 0 Å². The van der Waals surface area contributed by atoms with Gasteiger partial charge in [-0.1, -0.05) is 30.3 Å². The number of carbonyl (C=O) groups is 3. The van der Waals surface area contributed by atoms with Crippen molar-refractivity contribution in [1.29, 1.82) is 0 Å². The van der Waals surface area contributed by atoms with Gasteiger partial charge in [0.1, 0.15) is 22.7 Å². The van der Waals surface area contributed by atoms with Crippen LogP contribution in [0.2, 0.25) is 0 Å². The van der Waals surface area contributed by atoms with E-state index in [4.69, 9.17) is 14.2 Å². The van der Waals surface area contributed by atoms with Gasteiger partial charge in [-0.25, -0.2) is 9.59 Å². The highest BCUT2D eigenvalue weighted by molar-refractivity contribution is 5.82. The summed E-state index contributed by atoms with van der Waals surface area (Å²) in [4.78, 5) is 35.9. The number of alkyl carbamates (subject to hydrolysis) is 2. The van der Waals surface area contributed by atoms with Gasteiger partial charge in [0, 0.05) is 24.2 Å². The molecular weight excluding hydrogens is 552 g/mol. The Kier molecular flexibility index (Phi) is 9.84. The Morgan fingerprint density at radius 1 is 0.860 bits per heavy atom. The molecule has 1 unspecified atom stereocenters. The van der Waals surface area contributed by atoms with Crippen LogP contribution < -0.4 is 15.4 Å². The highest BCUT2D eigenvalue weighted by Crippen LogP contribution is 2.42. The average molecular weight is 595 g/mol. The Balaban J connectivity index is 1.86. The molecule has 10 heteroatoms. The van der Waals surface area contributed by atoms with Crippen molar-refractivity contribution in [1.82, 2.24) is 10.6 Å². The highest BCUT2D eigenvalue weighted by atomic mass is 16.6. The van der Waals surface area contributed by atoms with Gasteiger partial charge >= 0.3 is 18.2 Å². The molecular formula is C33H42N2O8. The van der Waals surface area contributed by atoms with Crippen molar-refractivity contribution in [3.05, 3.63) is 82.1 Å². The molecule has 1 atom stereocenters. The van der Waals surface area contributed by atoms with Crippen molar-refractivity contribution in [3.63, 3.8) is 0 Å². The molecule has 0 fully saturated rings. The van der Waals surface area contributed by atoms with E-state index in [2.05, 4.69) is 10.6 Å². The van der Waals surface area contributed by atoms with Gasteiger partial charge < -0.3 is 35.1 Å². The lowest BCUT2D eigenvalue weighted by Crippen LogP contribution is -2.35. The Hall–Kier alpha value is -4.47. The van der Waals surface area contributed by atoms with Crippen molar-refractivity contribution in [2.24, 2.45) is 0 Å². The Labute approximate surface area is 252 Å². The molecule has 0 heterocycles. The summed E-state index contributed by atoms with van der Waals surface area (Å²) in [7, 11) is 0. The topological polar surface area (TPSA) is 143 Å². The number of allylic oxidation sites excluding steroid dienone is 2. The number of nitrogens with one attached hydrogen (secondary N) is 2. The van der Waals surface area contributed by atoms with E-state index in [-0.39, 0.29) is 31.0 Å². The molecule has 4 N–H and O–H groups in total. The molecule has 10 nitrogen and oxygen atoms in total. The molecule has 0 spiro atoms. The number of carboxylic acids is 1. The third-order valence-electron chi connectivity index (χ3n) is 6.52. The lowest BCUT2D eigenvalue weighted by Gasteiger charge is -2.30. The monoisotopic (exact) mass is 594 g/mol. The van der Waals surface area contributed by atoms with Gasteiger partial charge in [0.05, 0.1) is 6.42 Å². The summed E-state index contributed by atoms with van der Waals surface area (Å²) in [5.74, 6) is -0.810. The van der Waals surface area contributed by atoms with Crippen molar-refractivity contribution < 1.29 is 38.8 Å². The van der Waals surface area contributed by atoms with Crippen LogP contribution in [0.5, 0.6) is 5.75 Å². The van der Waals surface area contributed by atoms with E-state index in [0.29, 0.717) is 27.8 Å². The number of aliphatic hydroxyl groups excluding tert-OH is 1. The van der Waals surface area contributed by atoms with Crippen LogP contribution in [-0.2, 0) is 33.8 Å². The van der Waals surface area contributed by atoms with Gasteiger partial charge in [-0.05, 0) is 95.9 Å². The molecule has 43 heavy (non-hydrogen) atoms. The standard InChI is InChI=1S/C33H42N2O8/c1-20-14-25(23-11-9-10-21(15-23)18-34-29(39)42-31(2,3)4)28(38)33(20,8)41-26-16-22(12-13-24(26)17-27(36)37)19-35-30(40)43-32(5,6)7/h9-16,38H,17-19H2,1-8H3,(H,34,39)(H,35,40)(H,36,37). The molecule has 1 aliphatic carbocycles. The molecule has 2 amide bonds. The summed E-state index contributed by atoms with van der Waals surface area (Å²) >= 11 is 0. The molecule has 0 radical (unpaired) electrons. The predicted octanol–water partition coefficient (Wildman–Crippen LogP) is 6.43. The molecule has 2 aromatic carbocycles. The van der Waals surface area contributed by atoms with Crippen LogP contribution in [0.25, 0.3) is 5.57 Å². The fourth-order valence-electron chi connectivity index (χ4n) is 4.37. The lowest BCUT2D eigenvalue weighted by molar-refractivity contribution is -0.136. The number of ether oxygens (including phenoxy) is 3. The molecule has 0 aromatic heterocycles. The normalized spacial score (nSPS) is 16.8. The van der Waals surface area contributed by atoms with Crippen molar-refractivity contribution >= 4 is 23.7 Å². The van der Waals surface area contributed by atoms with Crippen molar-refractivity contribution in [2.75, 3.05) is 0 Å². The first-order valence-corrected chi connectivity index (χ1v) is 14.0. The number of aliphatic carboxylic acids is 1. The van der Waals surface area contributed by atoms with Gasteiger partial charge in [0.25, 0.3) is 0 Å². The Bertz CT molecular complexity index is 1450. The van der Waals surface area contributed by atoms with E-state index in [1.807, 2.05) is 37.3 Å². The molecule has 232 valence electrons. The number of carbonyl (C=O) groups excluding carboxylic acids is 2. The minimum Gasteiger partial charge on any atom is -0.507 e. The maximum absolute atomic E-state index is 12.2. The third kappa shape index (κ3) is 9.26. The molecule has 1 aliphatic rings. The molecule has 0 saturated carbocycles. The molecule has 0 bridgehead atoms. The van der Waals surface area contributed by atoms with Crippen molar-refractivity contribution in [3.8, 4) is 5.75 Å². The lowest BCUT2D eigenvalue weighted by atomic mass is 9.97. The quantitative estimate of drug-likeness (QED) is 0.260. The summed E-state index contributed by atoms with van der Waals surface area (Å²) in [5, 5.41) is 26.4. The van der Waals surface area contributed by atoms with Gasteiger partial charge in [-0.3, -0.25) is 4.79 Å². The van der Waals surface area contributed by atoms with E-state index in [0.717, 1.165) is 5.56 Å². The smallest absolute Gasteiger partial charge is 0.407 e. The number of amides is 2. The summed E-state index contributed by atoms with van der Waals surface area (Å²) in [6.07, 6.45) is 0.413. The number of hydrogen-bond acceptors (Lipinski definition) is 7. The Morgan fingerprint density at radius 3 is 1.95 bits per heavy atom. The molecule has 0 saturated heterocycles. The van der Waals surface area contributed by atoms with Crippen LogP contribution in [0, 0.1) is 0 Å². The summed E-state index contributed by atoms with van der Waals surface area (Å²) < 4.78 is 17.0. The zero-order chi connectivity index (χ0) is 32.2. The second kappa shape index (κ2) is 12.8. The maximum atomic E-state index is 12.2. The summed E-state index contributed by atoms with van der Waals surface area (Å²) in [5.41, 5.74) is 1.29. The van der Waals surface area contributed by atoms with Gasteiger partial charge in [0.2, 0.25) is 0 Å². The van der Waals surface area contributed by atoms with Crippen LogP contribution in [0.3, 0.4) is 0 Å². The van der Waals surface area contributed by atoms with Gasteiger partial charge in [-0.2, -0.15) is 0 Å². The highest BCUT2D eigenvalue weighted by Gasteiger charge is 2.41. The predicted molar refractivity (Wildman–Crippen MR) is 163 cm³/mol. The van der Waals surface area contributed by atoms with E-state index in [9.17, 15) is 24.6 Å². The van der Waals surface area contributed by atoms with Crippen LogP contribution in [-0.4, -0.2) is 45.2 Å². The second-order valence-electron chi connectivity index (χ2n) is 12.6. The molecule has 2 aromatic rings. The first-order valence-electron chi connectivity index (χ1n) is 14.0. The number of aliphatic hydroxyl groups is 1. The molecule has 3 rings (SSSR count). The third-order valence-corrected chi connectivity index (χ3v) is 6.52. The average Bonchev–Trinajstić information content (AvgIpc) is 3.09. The van der Waals surface area contributed by atoms with Crippen molar-refractivity contribution in [2.45, 2.75) is 91.7 Å². The number of carboxylic acid groups (broad SMARTS) is 1. The van der Waals surface area contributed by atoms with E-state index in [1.165, 1.54) is 0 Å². The van der Waals surface area contributed by atoms with Gasteiger partial charge in [0.15, 0.2) is 5.60 Å². The van der Waals surface area contributed by atoms with Crippen LogP contribution in [0.1, 0.15) is 77.6 Å². The first kappa shape index (κ1) is 33.0. The SMILES string of the molecule is CC1=CC(c2cccc(CNC(=O)OC(C)(C)C)c2)=C(O)C1(C)Oc1cc(CNC(=O)OC(C)(C)C)ccc1CC(=O)O. The minimum atomic E-state index is -1.29. The summed E-state index contributed by atoms with van der Waals surface area (Å²) in [6, 6.07) is 12.4. The van der Waals surface area contributed by atoms with E-state index < -0.39 is 35.0 Å². The molecule has 0 aliphatic heterocycles. The first-order chi connectivity index (χ1) is 19.9. The Morgan fingerprint density at radius 2 is 1.42 bits per heavy atom. The number of benzene rings is 2. The minimum absolute atomic E-state index is 0.0409. The van der Waals surface area contributed by atoms with Crippen LogP contribution in [0.4, 0.5) is 9.59 Å². The zero-order valence-electron chi connectivity index (χ0n) is 26.1. The van der Waals surface area contributed by atoms with Crippen LogP contribution >= 0.6 is 0 Å².